The van der Waals surface area contributed by atoms with Crippen LogP contribution in [0.4, 0.5) is 5.95 Å². The van der Waals surface area contributed by atoms with Gasteiger partial charge in [0.15, 0.2) is 0 Å². The van der Waals surface area contributed by atoms with Gasteiger partial charge in [0.05, 0.1) is 12.2 Å². The van der Waals surface area contributed by atoms with E-state index in [1.54, 1.807) is 0 Å². The molecule has 0 bridgehead atoms. The normalized spacial score (nSPS) is 22.4. The Morgan fingerprint density at radius 3 is 2.55 bits per heavy atom. The summed E-state index contributed by atoms with van der Waals surface area (Å²) in [6, 6.07) is 0.440. The zero-order chi connectivity index (χ0) is 13.5. The van der Waals surface area contributed by atoms with E-state index in [2.05, 4.69) is 37.8 Å². The fourth-order valence-corrected chi connectivity index (χ4v) is 2.89. The van der Waals surface area contributed by atoms with E-state index < -0.39 is 0 Å². The molecule has 1 saturated heterocycles. The second-order valence-corrected chi connectivity index (χ2v) is 5.98. The Morgan fingerprint density at radius 1 is 1.10 bits per heavy atom. The fraction of sp³-hybridized carbons (Fsp3) is 0.533. The fourth-order valence-electron chi connectivity index (χ4n) is 2.89. The largest absolute Gasteiger partial charge is 0.339 e. The lowest BCUT2D eigenvalue weighted by Gasteiger charge is -2.16. The van der Waals surface area contributed by atoms with Gasteiger partial charge < -0.3 is 4.90 Å². The van der Waals surface area contributed by atoms with Gasteiger partial charge in [-0.25, -0.2) is 9.97 Å². The Kier molecular flexibility index (Phi) is 2.72. The molecule has 3 heterocycles. The predicted molar refractivity (Wildman–Crippen MR) is 76.8 cm³/mol. The van der Waals surface area contributed by atoms with Crippen molar-refractivity contribution in [2.75, 3.05) is 18.0 Å². The average Bonchev–Trinajstić information content (AvgIpc) is 3.04. The lowest BCUT2D eigenvalue weighted by molar-refractivity contribution is 0.494. The van der Waals surface area contributed by atoms with E-state index >= 15 is 0 Å². The summed E-state index contributed by atoms with van der Waals surface area (Å²) in [4.78, 5) is 11.3. The molecule has 1 unspecified atom stereocenters. The van der Waals surface area contributed by atoms with E-state index in [1.807, 2.05) is 18.6 Å². The maximum absolute atomic E-state index is 4.54. The number of aryl methyl sites for hydroxylation is 1. The Labute approximate surface area is 118 Å². The van der Waals surface area contributed by atoms with Crippen molar-refractivity contribution in [1.82, 2.24) is 19.7 Å². The third-order valence-electron chi connectivity index (χ3n) is 4.26. The zero-order valence-electron chi connectivity index (χ0n) is 11.7. The van der Waals surface area contributed by atoms with Gasteiger partial charge in [0, 0.05) is 31.7 Å². The molecule has 0 spiro atoms. The Balaban J connectivity index is 1.47. The number of aromatic nitrogens is 4. The van der Waals surface area contributed by atoms with Crippen molar-refractivity contribution >= 4 is 5.95 Å². The topological polar surface area (TPSA) is 46.8 Å². The summed E-state index contributed by atoms with van der Waals surface area (Å²) in [6.07, 6.45) is 11.8. The van der Waals surface area contributed by atoms with Gasteiger partial charge >= 0.3 is 0 Å². The van der Waals surface area contributed by atoms with Gasteiger partial charge in [0.1, 0.15) is 0 Å². The van der Waals surface area contributed by atoms with Crippen LogP contribution in [0.3, 0.4) is 0 Å². The maximum atomic E-state index is 4.54. The molecular formula is C15H19N5. The molecule has 2 aromatic heterocycles. The molecule has 0 aromatic carbocycles. The second-order valence-electron chi connectivity index (χ2n) is 5.98. The van der Waals surface area contributed by atoms with Crippen LogP contribution in [-0.2, 0) is 0 Å². The van der Waals surface area contributed by atoms with Crippen LogP contribution in [0.5, 0.6) is 0 Å². The maximum Gasteiger partial charge on any atom is 0.225 e. The third-order valence-corrected chi connectivity index (χ3v) is 4.26. The molecule has 0 amide bonds. The molecular weight excluding hydrogens is 250 g/mol. The van der Waals surface area contributed by atoms with Gasteiger partial charge in [-0.1, -0.05) is 0 Å². The van der Waals surface area contributed by atoms with Crippen LogP contribution < -0.4 is 4.90 Å². The first kappa shape index (κ1) is 11.9. The van der Waals surface area contributed by atoms with Crippen LogP contribution in [-0.4, -0.2) is 32.8 Å². The Morgan fingerprint density at radius 2 is 1.90 bits per heavy atom. The van der Waals surface area contributed by atoms with Crippen LogP contribution in [0, 0.1) is 6.92 Å². The highest BCUT2D eigenvalue weighted by molar-refractivity contribution is 5.33. The Bertz CT molecular complexity index is 599. The van der Waals surface area contributed by atoms with E-state index in [9.17, 15) is 0 Å². The summed E-state index contributed by atoms with van der Waals surface area (Å²) in [5.41, 5.74) is 2.51. The first-order chi connectivity index (χ1) is 9.79. The SMILES string of the molecule is Cc1cnn(C2CCN(c3ncc(C4CC4)cn3)C2)c1. The standard InChI is InChI=1S/C15H19N5/c1-11-6-18-20(9-11)14-4-5-19(10-14)15-16-7-13(8-17-15)12-2-3-12/h6-9,12,14H,2-5,10H2,1H3. The van der Waals surface area contributed by atoms with Gasteiger partial charge in [-0.15, -0.1) is 0 Å². The lowest BCUT2D eigenvalue weighted by Crippen LogP contribution is -2.23. The van der Waals surface area contributed by atoms with Crippen molar-refractivity contribution in [2.24, 2.45) is 0 Å². The first-order valence-corrected chi connectivity index (χ1v) is 7.37. The minimum absolute atomic E-state index is 0.440. The summed E-state index contributed by atoms with van der Waals surface area (Å²) in [5.74, 6) is 1.59. The molecule has 1 aliphatic carbocycles. The van der Waals surface area contributed by atoms with Crippen LogP contribution in [0.1, 0.15) is 42.3 Å². The number of hydrogen-bond donors (Lipinski definition) is 0. The number of anilines is 1. The second kappa shape index (κ2) is 4.58. The summed E-state index contributed by atoms with van der Waals surface area (Å²) >= 11 is 0. The van der Waals surface area contributed by atoms with E-state index in [4.69, 9.17) is 0 Å². The molecule has 1 saturated carbocycles. The molecule has 20 heavy (non-hydrogen) atoms. The Hall–Kier alpha value is -1.91. The lowest BCUT2D eigenvalue weighted by atomic mass is 10.2. The van der Waals surface area contributed by atoms with Crippen molar-refractivity contribution in [3.8, 4) is 0 Å². The van der Waals surface area contributed by atoms with Crippen LogP contribution in [0.2, 0.25) is 0 Å². The van der Waals surface area contributed by atoms with Gasteiger partial charge in [-0.2, -0.15) is 5.10 Å². The molecule has 4 rings (SSSR count). The first-order valence-electron chi connectivity index (χ1n) is 7.37. The smallest absolute Gasteiger partial charge is 0.225 e. The molecule has 104 valence electrons. The van der Waals surface area contributed by atoms with E-state index in [0.717, 1.165) is 31.4 Å². The molecule has 1 aliphatic heterocycles. The highest BCUT2D eigenvalue weighted by Gasteiger charge is 2.27. The van der Waals surface area contributed by atoms with E-state index in [1.165, 1.54) is 24.0 Å². The molecule has 5 heteroatoms. The number of nitrogens with zero attached hydrogens (tertiary/aromatic N) is 5. The molecule has 2 aromatic rings. The quantitative estimate of drug-likeness (QED) is 0.858. The molecule has 2 fully saturated rings. The van der Waals surface area contributed by atoms with Crippen molar-refractivity contribution in [1.29, 1.82) is 0 Å². The van der Waals surface area contributed by atoms with Crippen molar-refractivity contribution in [3.63, 3.8) is 0 Å². The number of rotatable bonds is 3. The van der Waals surface area contributed by atoms with Crippen LogP contribution >= 0.6 is 0 Å². The van der Waals surface area contributed by atoms with Crippen molar-refractivity contribution < 1.29 is 0 Å². The highest BCUT2D eigenvalue weighted by atomic mass is 15.3. The van der Waals surface area contributed by atoms with Crippen LogP contribution in [0.25, 0.3) is 0 Å². The minimum atomic E-state index is 0.440. The van der Waals surface area contributed by atoms with Crippen LogP contribution in [0.15, 0.2) is 24.8 Å². The average molecular weight is 269 g/mol. The zero-order valence-corrected chi connectivity index (χ0v) is 11.7. The van der Waals surface area contributed by atoms with Gasteiger partial charge in [-0.05, 0) is 43.2 Å². The molecule has 1 atom stereocenters. The van der Waals surface area contributed by atoms with Gasteiger partial charge in [0.25, 0.3) is 0 Å². The summed E-state index contributed by atoms with van der Waals surface area (Å²) < 4.78 is 2.08. The van der Waals surface area contributed by atoms with E-state index in [-0.39, 0.29) is 0 Å². The molecule has 2 aliphatic rings. The summed E-state index contributed by atoms with van der Waals surface area (Å²) in [5, 5.41) is 4.42. The third kappa shape index (κ3) is 2.17. The van der Waals surface area contributed by atoms with Crippen molar-refractivity contribution in [2.45, 2.75) is 38.1 Å². The summed E-state index contributed by atoms with van der Waals surface area (Å²) in [6.45, 7) is 4.03. The molecule has 0 radical (unpaired) electrons. The van der Waals surface area contributed by atoms with Crippen molar-refractivity contribution in [3.05, 3.63) is 35.9 Å². The van der Waals surface area contributed by atoms with E-state index in [0.29, 0.717) is 6.04 Å². The van der Waals surface area contributed by atoms with Gasteiger partial charge in [0.2, 0.25) is 5.95 Å². The molecule has 5 nitrogen and oxygen atoms in total. The predicted octanol–water partition coefficient (Wildman–Crippen LogP) is 2.31. The summed E-state index contributed by atoms with van der Waals surface area (Å²) in [7, 11) is 0. The minimum Gasteiger partial charge on any atom is -0.339 e. The monoisotopic (exact) mass is 269 g/mol. The van der Waals surface area contributed by atoms with Gasteiger partial charge in [-0.3, -0.25) is 4.68 Å². The highest BCUT2D eigenvalue weighted by Crippen LogP contribution is 2.39. The molecule has 0 N–H and O–H groups in total. The number of hydrogen-bond acceptors (Lipinski definition) is 4.